The van der Waals surface area contributed by atoms with E-state index in [-0.39, 0.29) is 0 Å². The number of hydrogen-bond donors (Lipinski definition) is 1. The number of rotatable bonds is 4. The van der Waals surface area contributed by atoms with Crippen molar-refractivity contribution in [3.8, 4) is 5.75 Å². The molecule has 2 heterocycles. The van der Waals surface area contributed by atoms with Crippen molar-refractivity contribution in [1.82, 2.24) is 14.6 Å². The van der Waals surface area contributed by atoms with Crippen LogP contribution in [0.3, 0.4) is 0 Å². The normalized spacial score (nSPS) is 12.3. The molecule has 1 unspecified atom stereocenters. The van der Waals surface area contributed by atoms with Gasteiger partial charge in [0, 0.05) is 0 Å². The standard InChI is InChI=1S/C15H16N4O3S/c1-9(13-10(2)19-14(23-13)16-8-17-19)18(15(20)21)11-6-4-5-7-12(11)22-3/h4-9H,1-3H3,(H,20,21). The Morgan fingerprint density at radius 3 is 2.83 bits per heavy atom. The lowest BCUT2D eigenvalue weighted by molar-refractivity contribution is 0.199. The first-order valence-electron chi connectivity index (χ1n) is 6.98. The molecule has 1 N–H and O–H groups in total. The van der Waals surface area contributed by atoms with Crippen LogP contribution in [0.25, 0.3) is 4.96 Å². The zero-order valence-corrected chi connectivity index (χ0v) is 13.7. The van der Waals surface area contributed by atoms with Crippen LogP contribution < -0.4 is 9.64 Å². The number of methoxy groups -OCH3 is 1. The number of benzene rings is 1. The van der Waals surface area contributed by atoms with Crippen molar-refractivity contribution in [3.05, 3.63) is 41.2 Å². The molecule has 3 rings (SSSR count). The van der Waals surface area contributed by atoms with Gasteiger partial charge in [-0.2, -0.15) is 5.10 Å². The second kappa shape index (κ2) is 5.88. The van der Waals surface area contributed by atoms with E-state index >= 15 is 0 Å². The number of anilines is 1. The number of aryl methyl sites for hydroxylation is 1. The molecule has 0 aliphatic carbocycles. The fraction of sp³-hybridized carbons (Fsp3) is 0.267. The number of carbonyl (C=O) groups is 1. The molecular formula is C15H16N4O3S. The Hall–Kier alpha value is -2.61. The number of aromatic nitrogens is 3. The van der Waals surface area contributed by atoms with Gasteiger partial charge in [0.25, 0.3) is 0 Å². The van der Waals surface area contributed by atoms with Crippen LogP contribution in [0.1, 0.15) is 23.5 Å². The molecule has 1 atom stereocenters. The third kappa shape index (κ3) is 2.50. The molecule has 0 saturated carbocycles. The van der Waals surface area contributed by atoms with Crippen LogP contribution >= 0.6 is 11.3 Å². The van der Waals surface area contributed by atoms with E-state index in [0.29, 0.717) is 11.4 Å². The van der Waals surface area contributed by atoms with Gasteiger partial charge in [0.05, 0.1) is 29.4 Å². The van der Waals surface area contributed by atoms with E-state index in [1.165, 1.54) is 29.7 Å². The van der Waals surface area contributed by atoms with Crippen molar-refractivity contribution in [2.24, 2.45) is 0 Å². The SMILES string of the molecule is COc1ccccc1N(C(=O)O)C(C)c1sc2ncnn2c1C. The minimum Gasteiger partial charge on any atom is -0.495 e. The lowest BCUT2D eigenvalue weighted by Gasteiger charge is -2.27. The average molecular weight is 332 g/mol. The van der Waals surface area contributed by atoms with E-state index in [0.717, 1.165) is 15.5 Å². The van der Waals surface area contributed by atoms with Crippen LogP contribution in [0.2, 0.25) is 0 Å². The molecule has 0 aliphatic heterocycles. The summed E-state index contributed by atoms with van der Waals surface area (Å²) in [6, 6.07) is 6.68. The highest BCUT2D eigenvalue weighted by Gasteiger charge is 2.28. The maximum Gasteiger partial charge on any atom is 0.412 e. The van der Waals surface area contributed by atoms with Gasteiger partial charge in [0.1, 0.15) is 12.1 Å². The second-order valence-corrected chi connectivity index (χ2v) is 6.02. The van der Waals surface area contributed by atoms with Crippen molar-refractivity contribution in [2.45, 2.75) is 19.9 Å². The lowest BCUT2D eigenvalue weighted by atomic mass is 10.1. The van der Waals surface area contributed by atoms with Gasteiger partial charge in [-0.05, 0) is 26.0 Å². The fourth-order valence-electron chi connectivity index (χ4n) is 2.62. The van der Waals surface area contributed by atoms with Gasteiger partial charge in [-0.15, -0.1) is 0 Å². The first-order chi connectivity index (χ1) is 11.0. The van der Waals surface area contributed by atoms with Crippen LogP contribution in [0.4, 0.5) is 10.5 Å². The summed E-state index contributed by atoms with van der Waals surface area (Å²) in [5, 5.41) is 13.9. The molecule has 0 saturated heterocycles. The largest absolute Gasteiger partial charge is 0.495 e. The number of fused-ring (bicyclic) bond motifs is 1. The number of carboxylic acid groups (broad SMARTS) is 1. The number of nitrogens with zero attached hydrogens (tertiary/aromatic N) is 4. The molecule has 8 heteroatoms. The predicted octanol–water partition coefficient (Wildman–Crippen LogP) is 3.35. The van der Waals surface area contributed by atoms with E-state index in [2.05, 4.69) is 10.1 Å². The van der Waals surface area contributed by atoms with Crippen LogP contribution in [0.15, 0.2) is 30.6 Å². The Morgan fingerprint density at radius 1 is 1.43 bits per heavy atom. The minimum atomic E-state index is -1.04. The smallest absolute Gasteiger partial charge is 0.412 e. The zero-order valence-electron chi connectivity index (χ0n) is 12.9. The Balaban J connectivity index is 2.09. The highest BCUT2D eigenvalue weighted by Crippen LogP contribution is 2.37. The summed E-state index contributed by atoms with van der Waals surface area (Å²) in [6.07, 6.45) is 0.447. The van der Waals surface area contributed by atoms with Crippen molar-refractivity contribution in [3.63, 3.8) is 0 Å². The summed E-state index contributed by atoms with van der Waals surface area (Å²) in [5.41, 5.74) is 1.39. The summed E-state index contributed by atoms with van der Waals surface area (Å²) in [4.78, 5) is 19.0. The van der Waals surface area contributed by atoms with Gasteiger partial charge >= 0.3 is 6.09 Å². The molecule has 0 aliphatic rings. The number of amides is 1. The Morgan fingerprint density at radius 2 is 2.17 bits per heavy atom. The van der Waals surface area contributed by atoms with Gasteiger partial charge < -0.3 is 9.84 Å². The zero-order chi connectivity index (χ0) is 16.6. The lowest BCUT2D eigenvalue weighted by Crippen LogP contribution is -2.32. The van der Waals surface area contributed by atoms with Gasteiger partial charge in [0.2, 0.25) is 4.96 Å². The second-order valence-electron chi connectivity index (χ2n) is 5.01. The van der Waals surface area contributed by atoms with Gasteiger partial charge in [-0.25, -0.2) is 14.3 Å². The Kier molecular flexibility index (Phi) is 3.91. The molecular weight excluding hydrogens is 316 g/mol. The molecule has 0 bridgehead atoms. The minimum absolute atomic E-state index is 0.391. The summed E-state index contributed by atoms with van der Waals surface area (Å²) in [6.45, 7) is 3.76. The number of thiazole rings is 1. The number of para-hydroxylation sites is 2. The molecule has 0 spiro atoms. The quantitative estimate of drug-likeness (QED) is 0.792. The number of hydrogen-bond acceptors (Lipinski definition) is 5. The molecule has 120 valence electrons. The van der Waals surface area contributed by atoms with E-state index < -0.39 is 12.1 Å². The first kappa shape index (κ1) is 15.3. The summed E-state index contributed by atoms with van der Waals surface area (Å²) < 4.78 is 7.03. The van der Waals surface area contributed by atoms with Crippen molar-refractivity contribution < 1.29 is 14.6 Å². The molecule has 1 aromatic carbocycles. The Bertz CT molecular complexity index is 857. The first-order valence-corrected chi connectivity index (χ1v) is 7.80. The van der Waals surface area contributed by atoms with Crippen molar-refractivity contribution in [2.75, 3.05) is 12.0 Å². The number of ether oxygens (including phenoxy) is 1. The molecule has 2 aromatic heterocycles. The Labute approximate surface area is 136 Å². The maximum atomic E-state index is 11.9. The molecule has 0 fully saturated rings. The summed E-state index contributed by atoms with van der Waals surface area (Å²) >= 11 is 1.44. The maximum absolute atomic E-state index is 11.9. The van der Waals surface area contributed by atoms with Gasteiger partial charge in [-0.1, -0.05) is 23.5 Å². The third-order valence-corrected chi connectivity index (χ3v) is 5.03. The van der Waals surface area contributed by atoms with Crippen molar-refractivity contribution in [1.29, 1.82) is 0 Å². The molecule has 3 aromatic rings. The van der Waals surface area contributed by atoms with Crippen LogP contribution in [0, 0.1) is 6.92 Å². The summed E-state index contributed by atoms with van der Waals surface area (Å²) in [5.74, 6) is 0.513. The third-order valence-electron chi connectivity index (χ3n) is 3.71. The average Bonchev–Trinajstić information content (AvgIpc) is 3.11. The topological polar surface area (TPSA) is 80.0 Å². The monoisotopic (exact) mass is 332 g/mol. The molecule has 23 heavy (non-hydrogen) atoms. The van der Waals surface area contributed by atoms with E-state index in [1.54, 1.807) is 28.8 Å². The van der Waals surface area contributed by atoms with Gasteiger partial charge in [-0.3, -0.25) is 4.90 Å². The molecule has 0 radical (unpaired) electrons. The van der Waals surface area contributed by atoms with Crippen LogP contribution in [-0.2, 0) is 0 Å². The molecule has 1 amide bonds. The van der Waals surface area contributed by atoms with E-state index in [4.69, 9.17) is 4.74 Å². The van der Waals surface area contributed by atoms with Crippen molar-refractivity contribution >= 4 is 28.1 Å². The van der Waals surface area contributed by atoms with E-state index in [9.17, 15) is 9.90 Å². The van der Waals surface area contributed by atoms with Gasteiger partial charge in [0.15, 0.2) is 0 Å². The highest BCUT2D eigenvalue weighted by atomic mass is 32.1. The van der Waals surface area contributed by atoms with Crippen LogP contribution in [-0.4, -0.2) is 32.9 Å². The molecule has 7 nitrogen and oxygen atoms in total. The summed E-state index contributed by atoms with van der Waals surface area (Å²) in [7, 11) is 1.53. The van der Waals surface area contributed by atoms with E-state index in [1.807, 2.05) is 13.8 Å². The predicted molar refractivity (Wildman–Crippen MR) is 87.5 cm³/mol. The van der Waals surface area contributed by atoms with Crippen LogP contribution in [0.5, 0.6) is 5.75 Å². The highest BCUT2D eigenvalue weighted by molar-refractivity contribution is 7.17. The fourth-order valence-corrected chi connectivity index (χ4v) is 3.70.